The van der Waals surface area contributed by atoms with Gasteiger partial charge in [-0.25, -0.2) is 0 Å². The summed E-state index contributed by atoms with van der Waals surface area (Å²) < 4.78 is 4.89. The molecule has 0 amide bonds. The Labute approximate surface area is 65.2 Å². The van der Waals surface area contributed by atoms with Crippen molar-refractivity contribution in [1.29, 1.82) is 0 Å². The third-order valence-corrected chi connectivity index (χ3v) is 0.923. The molecule has 2 radical (unpaired) electrons. The molecule has 0 N–H and O–H groups in total. The minimum absolute atomic E-state index is 0. The fourth-order valence-corrected chi connectivity index (χ4v) is 0.508. The van der Waals surface area contributed by atoms with Gasteiger partial charge in [-0.2, -0.15) is 0 Å². The first-order chi connectivity index (χ1) is 3.93. The Kier molecular flexibility index (Phi) is 4.18. The third kappa shape index (κ3) is 2.53. The fourth-order valence-electron chi connectivity index (χ4n) is 0.508. The smallest absolute Gasteiger partial charge is 0.118 e. The molecule has 0 fully saturated rings. The van der Waals surface area contributed by atoms with Gasteiger partial charge in [0, 0.05) is 16.8 Å². The van der Waals surface area contributed by atoms with E-state index in [1.165, 1.54) is 0 Å². The van der Waals surface area contributed by atoms with Crippen LogP contribution in [0.2, 0.25) is 0 Å². The van der Waals surface area contributed by atoms with Gasteiger partial charge < -0.3 is 4.74 Å². The van der Waals surface area contributed by atoms with Crippen LogP contribution in [0.5, 0.6) is 5.75 Å². The van der Waals surface area contributed by atoms with E-state index in [1.54, 1.807) is 7.11 Å². The Balaban J connectivity index is 0.000000640. The first-order valence-corrected chi connectivity index (χ1v) is 2.43. The van der Waals surface area contributed by atoms with Gasteiger partial charge in [0.15, 0.2) is 0 Å². The Morgan fingerprint density at radius 1 is 1.33 bits per heavy atom. The normalized spacial score (nSPS) is 7.67. The van der Waals surface area contributed by atoms with E-state index in [9.17, 15) is 0 Å². The van der Waals surface area contributed by atoms with E-state index in [0.29, 0.717) is 0 Å². The molecule has 0 atom stereocenters. The maximum Gasteiger partial charge on any atom is 0.118 e. The van der Waals surface area contributed by atoms with Crippen molar-refractivity contribution in [3.05, 3.63) is 30.3 Å². The predicted molar refractivity (Wildman–Crippen MR) is 31.8 cm³/mol. The summed E-state index contributed by atoms with van der Waals surface area (Å²) in [6.45, 7) is 0. The van der Waals surface area contributed by atoms with Crippen molar-refractivity contribution in [3.63, 3.8) is 0 Å². The zero-order valence-corrected chi connectivity index (χ0v) is 6.09. The number of benzene rings is 1. The van der Waals surface area contributed by atoms with Crippen LogP contribution < -0.4 is 4.74 Å². The van der Waals surface area contributed by atoms with Crippen LogP contribution in [0.4, 0.5) is 0 Å². The SMILES string of the molecule is COc1cc[c]cc1.[Co]. The first-order valence-electron chi connectivity index (χ1n) is 2.43. The number of methoxy groups -OCH3 is 1. The summed E-state index contributed by atoms with van der Waals surface area (Å²) >= 11 is 0. The van der Waals surface area contributed by atoms with Gasteiger partial charge in [0.1, 0.15) is 5.75 Å². The van der Waals surface area contributed by atoms with Gasteiger partial charge in [-0.05, 0) is 18.2 Å². The van der Waals surface area contributed by atoms with E-state index in [4.69, 9.17) is 4.74 Å². The molecule has 0 heterocycles. The monoisotopic (exact) mass is 166 g/mol. The number of rotatable bonds is 1. The topological polar surface area (TPSA) is 9.23 Å². The number of ether oxygens (including phenoxy) is 1. The van der Waals surface area contributed by atoms with Crippen molar-refractivity contribution in [3.8, 4) is 5.75 Å². The van der Waals surface area contributed by atoms with Gasteiger partial charge in [0.25, 0.3) is 0 Å². The van der Waals surface area contributed by atoms with Crippen molar-refractivity contribution in [2.45, 2.75) is 0 Å². The average Bonchev–Trinajstić information content (AvgIpc) is 1.90. The van der Waals surface area contributed by atoms with E-state index in [2.05, 4.69) is 6.07 Å². The fraction of sp³-hybridized carbons (Fsp3) is 0.143. The minimum atomic E-state index is 0. The quantitative estimate of drug-likeness (QED) is 0.614. The van der Waals surface area contributed by atoms with Crippen molar-refractivity contribution in [2.24, 2.45) is 0 Å². The van der Waals surface area contributed by atoms with Gasteiger partial charge >= 0.3 is 0 Å². The summed E-state index contributed by atoms with van der Waals surface area (Å²) in [5.74, 6) is 0.878. The molecule has 9 heavy (non-hydrogen) atoms. The third-order valence-electron chi connectivity index (χ3n) is 0.923. The molecule has 2 heteroatoms. The second-order valence-corrected chi connectivity index (χ2v) is 1.44. The van der Waals surface area contributed by atoms with Crippen LogP contribution in [-0.2, 0) is 16.8 Å². The largest absolute Gasteiger partial charge is 0.497 e. The van der Waals surface area contributed by atoms with Gasteiger partial charge in [-0.1, -0.05) is 12.1 Å². The van der Waals surface area contributed by atoms with Crippen LogP contribution in [0.15, 0.2) is 24.3 Å². The van der Waals surface area contributed by atoms with Gasteiger partial charge in [-0.3, -0.25) is 0 Å². The number of hydrogen-bond donors (Lipinski definition) is 0. The molecule has 0 aliphatic carbocycles. The van der Waals surface area contributed by atoms with Crippen LogP contribution in [0.1, 0.15) is 0 Å². The molecular weight excluding hydrogens is 159 g/mol. The van der Waals surface area contributed by atoms with Gasteiger partial charge in [0.05, 0.1) is 7.11 Å². The zero-order chi connectivity index (χ0) is 5.82. The molecule has 1 aromatic rings. The maximum absolute atomic E-state index is 4.89. The average molecular weight is 166 g/mol. The Hall–Kier alpha value is -0.474. The van der Waals surface area contributed by atoms with Crippen LogP contribution >= 0.6 is 0 Å². The molecule has 0 aromatic heterocycles. The molecule has 50 valence electrons. The molecular formula is C7H7CoO. The molecule has 0 saturated carbocycles. The molecule has 0 saturated heterocycles. The van der Waals surface area contributed by atoms with E-state index in [-0.39, 0.29) is 16.8 Å². The molecule has 1 aromatic carbocycles. The Morgan fingerprint density at radius 2 is 1.89 bits per heavy atom. The second-order valence-electron chi connectivity index (χ2n) is 1.44. The Morgan fingerprint density at radius 3 is 2.22 bits per heavy atom. The zero-order valence-electron chi connectivity index (χ0n) is 5.05. The molecule has 0 aliphatic rings. The summed E-state index contributed by atoms with van der Waals surface area (Å²) in [5.41, 5.74) is 0. The summed E-state index contributed by atoms with van der Waals surface area (Å²) in [6, 6.07) is 10.2. The molecule has 1 nitrogen and oxygen atoms in total. The number of hydrogen-bond acceptors (Lipinski definition) is 1. The van der Waals surface area contributed by atoms with Crippen molar-refractivity contribution < 1.29 is 21.5 Å². The minimum Gasteiger partial charge on any atom is -0.497 e. The first kappa shape index (κ1) is 8.53. The van der Waals surface area contributed by atoms with Crippen LogP contribution in [0.25, 0.3) is 0 Å². The molecule has 1 rings (SSSR count). The van der Waals surface area contributed by atoms with Crippen molar-refractivity contribution in [1.82, 2.24) is 0 Å². The summed E-state index contributed by atoms with van der Waals surface area (Å²) in [7, 11) is 1.65. The van der Waals surface area contributed by atoms with E-state index in [0.717, 1.165) is 5.75 Å². The van der Waals surface area contributed by atoms with E-state index >= 15 is 0 Å². The standard InChI is InChI=1S/C7H7O.Co/c1-8-7-5-3-2-4-6-7;/h3-6H,1H3;. The summed E-state index contributed by atoms with van der Waals surface area (Å²) in [5, 5.41) is 0. The van der Waals surface area contributed by atoms with Gasteiger partial charge in [0.2, 0.25) is 0 Å². The summed E-state index contributed by atoms with van der Waals surface area (Å²) in [6.07, 6.45) is 0. The predicted octanol–water partition coefficient (Wildman–Crippen LogP) is 1.49. The van der Waals surface area contributed by atoms with E-state index < -0.39 is 0 Å². The molecule has 0 aliphatic heterocycles. The maximum atomic E-state index is 4.89. The van der Waals surface area contributed by atoms with Gasteiger partial charge in [-0.15, -0.1) is 0 Å². The van der Waals surface area contributed by atoms with Crippen LogP contribution in [-0.4, -0.2) is 7.11 Å². The molecule has 0 spiro atoms. The Bertz CT molecular complexity index is 150. The molecule has 0 bridgehead atoms. The second kappa shape index (κ2) is 4.41. The van der Waals surface area contributed by atoms with Crippen molar-refractivity contribution >= 4 is 0 Å². The van der Waals surface area contributed by atoms with Crippen LogP contribution in [0.3, 0.4) is 0 Å². The van der Waals surface area contributed by atoms with Crippen molar-refractivity contribution in [2.75, 3.05) is 7.11 Å². The van der Waals surface area contributed by atoms with E-state index in [1.807, 2.05) is 24.3 Å². The van der Waals surface area contributed by atoms with Crippen LogP contribution in [0, 0.1) is 6.07 Å². The molecule has 0 unspecified atom stereocenters. The summed E-state index contributed by atoms with van der Waals surface area (Å²) in [4.78, 5) is 0.